The highest BCUT2D eigenvalue weighted by Gasteiger charge is 2.14. The largest absolute Gasteiger partial charge is 0.322 e. The lowest BCUT2D eigenvalue weighted by atomic mass is 10.2. The fourth-order valence-electron chi connectivity index (χ4n) is 1.53. The molecule has 0 fully saturated rings. The number of hydrogen-bond acceptors (Lipinski definition) is 3. The van der Waals surface area contributed by atoms with Gasteiger partial charge in [0.25, 0.3) is 11.6 Å². The first kappa shape index (κ1) is 14.5. The lowest BCUT2D eigenvalue weighted by Crippen LogP contribution is -2.12. The Balaban J connectivity index is 2.21. The first-order valence-corrected chi connectivity index (χ1v) is 6.65. The molecule has 102 valence electrons. The normalized spacial score (nSPS) is 10.1. The van der Waals surface area contributed by atoms with Crippen LogP contribution in [0.4, 0.5) is 11.4 Å². The van der Waals surface area contributed by atoms with Crippen molar-refractivity contribution in [2.45, 2.75) is 0 Å². The molecule has 0 spiro atoms. The van der Waals surface area contributed by atoms with Gasteiger partial charge in [0.15, 0.2) is 0 Å². The molecule has 2 aromatic carbocycles. The smallest absolute Gasteiger partial charge is 0.270 e. The van der Waals surface area contributed by atoms with Crippen molar-refractivity contribution in [1.82, 2.24) is 0 Å². The fraction of sp³-hybridized carbons (Fsp3) is 0. The first-order valence-electron chi connectivity index (χ1n) is 5.48. The molecule has 0 atom stereocenters. The van der Waals surface area contributed by atoms with Gasteiger partial charge in [-0.05, 0) is 30.3 Å². The average Bonchev–Trinajstić information content (AvgIpc) is 2.41. The number of nitro benzene ring substituents is 1. The van der Waals surface area contributed by atoms with E-state index < -0.39 is 10.8 Å². The van der Waals surface area contributed by atoms with Gasteiger partial charge in [-0.2, -0.15) is 0 Å². The third-order valence-electron chi connectivity index (χ3n) is 2.51. The Morgan fingerprint density at radius 3 is 2.40 bits per heavy atom. The van der Waals surface area contributed by atoms with Gasteiger partial charge in [0.2, 0.25) is 0 Å². The van der Waals surface area contributed by atoms with Crippen LogP contribution in [0.5, 0.6) is 0 Å². The quantitative estimate of drug-likeness (QED) is 0.660. The number of anilines is 1. The van der Waals surface area contributed by atoms with E-state index in [0.717, 1.165) is 10.5 Å². The predicted octanol–water partition coefficient (Wildman–Crippen LogP) is 4.26. The van der Waals surface area contributed by atoms with E-state index in [-0.39, 0.29) is 16.3 Å². The van der Waals surface area contributed by atoms with Crippen LogP contribution in [0.3, 0.4) is 0 Å². The van der Waals surface area contributed by atoms with Crippen LogP contribution in [0.25, 0.3) is 0 Å². The summed E-state index contributed by atoms with van der Waals surface area (Å²) in [6.07, 6.45) is 0. The Bertz CT molecular complexity index is 674. The molecule has 2 aromatic rings. The zero-order chi connectivity index (χ0) is 14.7. The minimum Gasteiger partial charge on any atom is -0.322 e. The van der Waals surface area contributed by atoms with Crippen molar-refractivity contribution >= 4 is 44.8 Å². The van der Waals surface area contributed by atoms with E-state index in [4.69, 9.17) is 11.6 Å². The molecule has 0 bridgehead atoms. The summed E-state index contributed by atoms with van der Waals surface area (Å²) in [5.74, 6) is -0.424. The molecular weight excluding hydrogens is 348 g/mol. The number of hydrogen-bond donors (Lipinski definition) is 1. The van der Waals surface area contributed by atoms with Gasteiger partial charge >= 0.3 is 0 Å². The minimum atomic E-state index is -0.567. The highest BCUT2D eigenvalue weighted by molar-refractivity contribution is 9.10. The van der Waals surface area contributed by atoms with Crippen molar-refractivity contribution in [3.05, 3.63) is 67.6 Å². The van der Waals surface area contributed by atoms with Crippen LogP contribution in [0.1, 0.15) is 10.4 Å². The molecular formula is C13H8BrClN2O3. The zero-order valence-electron chi connectivity index (χ0n) is 9.97. The van der Waals surface area contributed by atoms with Gasteiger partial charge in [0.05, 0.1) is 15.5 Å². The van der Waals surface area contributed by atoms with Crippen molar-refractivity contribution in [3.63, 3.8) is 0 Å². The Hall–Kier alpha value is -1.92. The van der Waals surface area contributed by atoms with Gasteiger partial charge in [0, 0.05) is 22.3 Å². The van der Waals surface area contributed by atoms with Crippen LogP contribution < -0.4 is 5.32 Å². The van der Waals surface area contributed by atoms with E-state index in [1.807, 2.05) is 0 Å². The van der Waals surface area contributed by atoms with E-state index in [0.29, 0.717) is 5.69 Å². The predicted molar refractivity (Wildman–Crippen MR) is 80.2 cm³/mol. The molecule has 20 heavy (non-hydrogen) atoms. The standard InChI is InChI=1S/C13H8BrClN2O3/c14-8-1-3-9(4-2-8)16-13(18)11-6-5-10(17(19)20)7-12(11)15/h1-7H,(H,16,18). The highest BCUT2D eigenvalue weighted by atomic mass is 79.9. The maximum Gasteiger partial charge on any atom is 0.270 e. The zero-order valence-corrected chi connectivity index (χ0v) is 12.3. The number of rotatable bonds is 3. The Morgan fingerprint density at radius 1 is 1.20 bits per heavy atom. The molecule has 0 aromatic heterocycles. The second kappa shape index (κ2) is 6.02. The number of amides is 1. The van der Waals surface area contributed by atoms with Crippen molar-refractivity contribution in [2.75, 3.05) is 5.32 Å². The molecule has 7 heteroatoms. The summed E-state index contributed by atoms with van der Waals surface area (Å²) in [7, 11) is 0. The summed E-state index contributed by atoms with van der Waals surface area (Å²) in [4.78, 5) is 22.1. The summed E-state index contributed by atoms with van der Waals surface area (Å²) < 4.78 is 0.892. The van der Waals surface area contributed by atoms with Crippen molar-refractivity contribution < 1.29 is 9.72 Å². The highest BCUT2D eigenvalue weighted by Crippen LogP contribution is 2.23. The Morgan fingerprint density at radius 2 is 1.85 bits per heavy atom. The second-order valence-electron chi connectivity index (χ2n) is 3.88. The fourth-order valence-corrected chi connectivity index (χ4v) is 2.06. The molecule has 0 aliphatic carbocycles. The topological polar surface area (TPSA) is 72.2 Å². The van der Waals surface area contributed by atoms with Crippen molar-refractivity contribution in [3.8, 4) is 0 Å². The van der Waals surface area contributed by atoms with Gasteiger partial charge in [0.1, 0.15) is 0 Å². The van der Waals surface area contributed by atoms with Crippen LogP contribution in [0.15, 0.2) is 46.9 Å². The number of nitro groups is 1. The number of carbonyl (C=O) groups is 1. The van der Waals surface area contributed by atoms with E-state index in [1.54, 1.807) is 24.3 Å². The number of non-ortho nitro benzene ring substituents is 1. The van der Waals surface area contributed by atoms with Gasteiger partial charge < -0.3 is 5.32 Å². The molecule has 2 rings (SSSR count). The molecule has 0 heterocycles. The van der Waals surface area contributed by atoms with E-state index in [1.165, 1.54) is 12.1 Å². The monoisotopic (exact) mass is 354 g/mol. The number of benzene rings is 2. The summed E-state index contributed by atoms with van der Waals surface area (Å²) in [6, 6.07) is 10.7. The molecule has 0 aliphatic heterocycles. The van der Waals surface area contributed by atoms with Crippen LogP contribution >= 0.6 is 27.5 Å². The van der Waals surface area contributed by atoms with Crippen molar-refractivity contribution in [1.29, 1.82) is 0 Å². The van der Waals surface area contributed by atoms with Gasteiger partial charge in [-0.1, -0.05) is 27.5 Å². The molecule has 5 nitrogen and oxygen atoms in total. The van der Waals surface area contributed by atoms with Crippen LogP contribution in [0.2, 0.25) is 5.02 Å². The lowest BCUT2D eigenvalue weighted by Gasteiger charge is -2.06. The SMILES string of the molecule is O=C(Nc1ccc(Br)cc1)c1ccc([N+](=O)[O-])cc1Cl. The number of nitrogens with zero attached hydrogens (tertiary/aromatic N) is 1. The third kappa shape index (κ3) is 3.34. The number of nitrogens with one attached hydrogen (secondary N) is 1. The van der Waals surface area contributed by atoms with Gasteiger partial charge in [-0.3, -0.25) is 14.9 Å². The third-order valence-corrected chi connectivity index (χ3v) is 3.35. The number of halogens is 2. The second-order valence-corrected chi connectivity index (χ2v) is 5.21. The molecule has 1 amide bonds. The molecule has 0 unspecified atom stereocenters. The average molecular weight is 356 g/mol. The molecule has 0 saturated heterocycles. The Labute approximate surface area is 127 Å². The van der Waals surface area contributed by atoms with Gasteiger partial charge in [-0.15, -0.1) is 0 Å². The Kier molecular flexibility index (Phi) is 4.36. The summed E-state index contributed by atoms with van der Waals surface area (Å²) in [6.45, 7) is 0. The van der Waals surface area contributed by atoms with Crippen molar-refractivity contribution in [2.24, 2.45) is 0 Å². The van der Waals surface area contributed by atoms with E-state index in [2.05, 4.69) is 21.2 Å². The molecule has 0 saturated carbocycles. The van der Waals surface area contributed by atoms with Crippen LogP contribution in [0, 0.1) is 10.1 Å². The van der Waals surface area contributed by atoms with Crippen LogP contribution in [-0.2, 0) is 0 Å². The summed E-state index contributed by atoms with van der Waals surface area (Å²) >= 11 is 9.18. The molecule has 1 N–H and O–H groups in total. The van der Waals surface area contributed by atoms with Crippen LogP contribution in [-0.4, -0.2) is 10.8 Å². The van der Waals surface area contributed by atoms with E-state index in [9.17, 15) is 14.9 Å². The maximum atomic E-state index is 12.0. The van der Waals surface area contributed by atoms with Gasteiger partial charge in [-0.25, -0.2) is 0 Å². The molecule has 0 aliphatic rings. The summed E-state index contributed by atoms with van der Waals surface area (Å²) in [5.41, 5.74) is 0.628. The summed E-state index contributed by atoms with van der Waals surface area (Å²) in [5, 5.41) is 13.3. The first-order chi connectivity index (χ1) is 9.47. The minimum absolute atomic E-state index is 0.0359. The number of carbonyl (C=O) groups excluding carboxylic acids is 1. The van der Waals surface area contributed by atoms with E-state index >= 15 is 0 Å². The lowest BCUT2D eigenvalue weighted by molar-refractivity contribution is -0.384. The molecule has 0 radical (unpaired) electrons. The maximum absolute atomic E-state index is 12.0.